The van der Waals surface area contributed by atoms with Gasteiger partial charge in [0.25, 0.3) is 0 Å². The molecule has 1 aliphatic heterocycles. The van der Waals surface area contributed by atoms with Gasteiger partial charge >= 0.3 is 0 Å². The largest absolute Gasteiger partial charge is 0.394 e. The number of aliphatic hydroxyl groups is 1. The van der Waals surface area contributed by atoms with E-state index < -0.39 is 0 Å². The molecule has 0 spiro atoms. The minimum Gasteiger partial charge on any atom is -0.394 e. The van der Waals surface area contributed by atoms with Crippen LogP contribution in [0.1, 0.15) is 11.4 Å². The lowest BCUT2D eigenvalue weighted by molar-refractivity contribution is 0.0331. The summed E-state index contributed by atoms with van der Waals surface area (Å²) in [6.45, 7) is 3.97. The van der Waals surface area contributed by atoms with Crippen molar-refractivity contribution >= 4 is 27.4 Å². The summed E-state index contributed by atoms with van der Waals surface area (Å²) in [5, 5.41) is 16.9. The van der Waals surface area contributed by atoms with Crippen LogP contribution in [0.5, 0.6) is 0 Å². The maximum absolute atomic E-state index is 10.2. The maximum atomic E-state index is 10.2. The third kappa shape index (κ3) is 5.23. The van der Waals surface area contributed by atoms with Gasteiger partial charge in [0.1, 0.15) is 16.5 Å². The van der Waals surface area contributed by atoms with Gasteiger partial charge in [0, 0.05) is 24.0 Å². The van der Waals surface area contributed by atoms with Crippen LogP contribution in [0.3, 0.4) is 0 Å². The highest BCUT2D eigenvalue weighted by Crippen LogP contribution is 2.37. The first-order valence-electron chi connectivity index (χ1n) is 11.3. The summed E-state index contributed by atoms with van der Waals surface area (Å²) in [5.74, 6) is 1.59. The Morgan fingerprint density at radius 3 is 2.45 bits per heavy atom. The minimum atomic E-state index is -0.148. The molecule has 0 aliphatic carbocycles. The predicted octanol–water partition coefficient (Wildman–Crippen LogP) is 4.21. The molecule has 6 nitrogen and oxygen atoms in total. The number of hydrogen-bond donors (Lipinski definition) is 2. The van der Waals surface area contributed by atoms with Crippen LogP contribution in [0.25, 0.3) is 21.3 Å². The molecule has 4 aromatic rings. The van der Waals surface area contributed by atoms with Crippen molar-refractivity contribution in [1.29, 1.82) is 0 Å². The highest BCUT2D eigenvalue weighted by atomic mass is 32.1. The number of benzene rings is 2. The Bertz CT molecular complexity index is 1180. The Balaban J connectivity index is 1.51. The fourth-order valence-corrected chi connectivity index (χ4v) is 5.17. The van der Waals surface area contributed by atoms with E-state index in [9.17, 15) is 5.11 Å². The number of hydrogen-bond acceptors (Lipinski definition) is 7. The van der Waals surface area contributed by atoms with Crippen LogP contribution in [0, 0.1) is 0 Å². The molecule has 2 N–H and O–H groups in total. The Hall–Kier alpha value is -2.84. The van der Waals surface area contributed by atoms with Gasteiger partial charge in [0.05, 0.1) is 37.8 Å². The molecule has 0 radical (unpaired) electrons. The van der Waals surface area contributed by atoms with E-state index in [-0.39, 0.29) is 12.6 Å². The van der Waals surface area contributed by atoms with Crippen LogP contribution in [-0.2, 0) is 17.7 Å². The number of morpholine rings is 1. The second kappa shape index (κ2) is 10.4. The summed E-state index contributed by atoms with van der Waals surface area (Å²) in [5.41, 5.74) is 3.43. The molecule has 2 aromatic heterocycles. The summed E-state index contributed by atoms with van der Waals surface area (Å²) in [6.07, 6.45) is 0.715. The zero-order valence-corrected chi connectivity index (χ0v) is 19.3. The van der Waals surface area contributed by atoms with E-state index in [2.05, 4.69) is 39.9 Å². The second-order valence-corrected chi connectivity index (χ2v) is 9.14. The van der Waals surface area contributed by atoms with E-state index in [1.165, 1.54) is 5.56 Å². The van der Waals surface area contributed by atoms with Crippen LogP contribution < -0.4 is 5.32 Å². The van der Waals surface area contributed by atoms with Crippen LogP contribution >= 0.6 is 11.3 Å². The van der Waals surface area contributed by atoms with Gasteiger partial charge in [-0.3, -0.25) is 4.90 Å². The van der Waals surface area contributed by atoms with Gasteiger partial charge in [-0.1, -0.05) is 60.7 Å². The van der Waals surface area contributed by atoms with Gasteiger partial charge < -0.3 is 15.2 Å². The fourth-order valence-electron chi connectivity index (χ4n) is 4.20. The number of aromatic nitrogens is 2. The van der Waals surface area contributed by atoms with Crippen molar-refractivity contribution in [3.05, 3.63) is 77.4 Å². The highest BCUT2D eigenvalue weighted by molar-refractivity contribution is 7.17. The molecule has 0 amide bonds. The average Bonchev–Trinajstić information content (AvgIpc) is 3.30. The van der Waals surface area contributed by atoms with Crippen molar-refractivity contribution < 1.29 is 9.84 Å². The Labute approximate surface area is 197 Å². The van der Waals surface area contributed by atoms with Crippen LogP contribution in [-0.4, -0.2) is 58.9 Å². The first-order valence-corrected chi connectivity index (χ1v) is 12.2. The Morgan fingerprint density at radius 2 is 1.73 bits per heavy atom. The monoisotopic (exact) mass is 460 g/mol. The molecule has 1 unspecified atom stereocenters. The number of nitrogens with one attached hydrogen (secondary N) is 1. The Kier molecular flexibility index (Phi) is 6.92. The van der Waals surface area contributed by atoms with Gasteiger partial charge in [-0.2, -0.15) is 0 Å². The topological polar surface area (TPSA) is 70.5 Å². The molecule has 5 rings (SSSR count). The smallest absolute Gasteiger partial charge is 0.146 e. The van der Waals surface area contributed by atoms with E-state index in [1.54, 1.807) is 11.3 Å². The summed E-state index contributed by atoms with van der Waals surface area (Å²) < 4.78 is 5.49. The molecule has 2 aromatic carbocycles. The summed E-state index contributed by atoms with van der Waals surface area (Å²) in [4.78, 5) is 13.2. The molecular formula is C26H28N4O2S. The third-order valence-corrected chi connectivity index (χ3v) is 6.79. The number of rotatable bonds is 8. The van der Waals surface area contributed by atoms with Gasteiger partial charge in [-0.05, 0) is 17.5 Å². The molecular weight excluding hydrogens is 432 g/mol. The van der Waals surface area contributed by atoms with Gasteiger partial charge in [-0.25, -0.2) is 9.97 Å². The molecule has 0 bridgehead atoms. The summed E-state index contributed by atoms with van der Waals surface area (Å²) in [6, 6.07) is 20.4. The van der Waals surface area contributed by atoms with E-state index in [1.807, 2.05) is 36.4 Å². The molecule has 3 heterocycles. The molecule has 0 saturated carbocycles. The first-order chi connectivity index (χ1) is 16.3. The lowest BCUT2D eigenvalue weighted by atomic mass is 10.0. The molecule has 1 atom stereocenters. The van der Waals surface area contributed by atoms with Crippen molar-refractivity contribution in [3.8, 4) is 11.1 Å². The minimum absolute atomic E-state index is 0.0179. The number of nitrogens with zero attached hydrogens (tertiary/aromatic N) is 3. The third-order valence-electron chi connectivity index (χ3n) is 5.92. The molecule has 1 fully saturated rings. The van der Waals surface area contributed by atoms with Crippen LogP contribution in [0.2, 0.25) is 0 Å². The molecule has 1 aliphatic rings. The van der Waals surface area contributed by atoms with E-state index in [4.69, 9.17) is 14.7 Å². The summed E-state index contributed by atoms with van der Waals surface area (Å²) in [7, 11) is 0. The molecule has 7 heteroatoms. The SMILES string of the molecule is OCC(Cc1ccccc1)Nc1nc(CN2CCOCC2)nc2scc(-c3ccccc3)c12. The van der Waals surface area contributed by atoms with Gasteiger partial charge in [-0.15, -0.1) is 11.3 Å². The van der Waals surface area contributed by atoms with Crippen molar-refractivity contribution in [2.45, 2.75) is 19.0 Å². The lowest BCUT2D eigenvalue weighted by Gasteiger charge is -2.26. The standard InChI is InChI=1S/C26H28N4O2S/c31-17-21(15-19-7-3-1-4-8-19)27-25-24-22(20-9-5-2-6-10-20)18-33-26(24)29-23(28-25)16-30-11-13-32-14-12-30/h1-10,18,21,31H,11-17H2,(H,27,28,29). The number of thiophene rings is 1. The highest BCUT2D eigenvalue weighted by Gasteiger charge is 2.20. The molecule has 1 saturated heterocycles. The van der Waals surface area contributed by atoms with E-state index in [0.29, 0.717) is 13.0 Å². The van der Waals surface area contributed by atoms with Gasteiger partial charge in [0.2, 0.25) is 0 Å². The van der Waals surface area contributed by atoms with Crippen LogP contribution in [0.15, 0.2) is 66.0 Å². The maximum Gasteiger partial charge on any atom is 0.146 e. The molecule has 170 valence electrons. The zero-order chi connectivity index (χ0) is 22.5. The van der Waals surface area contributed by atoms with Gasteiger partial charge in [0.15, 0.2) is 0 Å². The van der Waals surface area contributed by atoms with Crippen molar-refractivity contribution in [2.24, 2.45) is 0 Å². The van der Waals surface area contributed by atoms with E-state index >= 15 is 0 Å². The second-order valence-electron chi connectivity index (χ2n) is 8.29. The molecule has 33 heavy (non-hydrogen) atoms. The Morgan fingerprint density at radius 1 is 1.00 bits per heavy atom. The van der Waals surface area contributed by atoms with Crippen molar-refractivity contribution in [1.82, 2.24) is 14.9 Å². The fraction of sp³-hybridized carbons (Fsp3) is 0.308. The summed E-state index contributed by atoms with van der Waals surface area (Å²) >= 11 is 1.64. The number of fused-ring (bicyclic) bond motifs is 1. The normalized spacial score (nSPS) is 15.5. The lowest BCUT2D eigenvalue weighted by Crippen LogP contribution is -2.36. The van der Waals surface area contributed by atoms with Crippen LogP contribution in [0.4, 0.5) is 5.82 Å². The quantitative estimate of drug-likeness (QED) is 0.411. The predicted molar refractivity (Wildman–Crippen MR) is 134 cm³/mol. The zero-order valence-electron chi connectivity index (χ0n) is 18.5. The number of aliphatic hydroxyl groups excluding tert-OH is 1. The van der Waals surface area contributed by atoms with E-state index in [0.717, 1.165) is 59.3 Å². The van der Waals surface area contributed by atoms with Crippen molar-refractivity contribution in [2.75, 3.05) is 38.2 Å². The first kappa shape index (κ1) is 22.0. The van der Waals surface area contributed by atoms with Crippen molar-refractivity contribution in [3.63, 3.8) is 0 Å². The average molecular weight is 461 g/mol. The number of anilines is 1. The number of ether oxygens (including phenoxy) is 1.